The van der Waals surface area contributed by atoms with E-state index < -0.39 is 58.5 Å². The van der Waals surface area contributed by atoms with Gasteiger partial charge in [0, 0.05) is 12.1 Å². The van der Waals surface area contributed by atoms with Gasteiger partial charge in [-0.3, -0.25) is 29.4 Å². The number of hydrazine groups is 1. The molecule has 0 aromatic rings. The van der Waals surface area contributed by atoms with Crippen LogP contribution in [-0.2, 0) is 24.0 Å². The van der Waals surface area contributed by atoms with Gasteiger partial charge in [-0.05, 0) is 56.3 Å². The second-order valence-corrected chi connectivity index (χ2v) is 13.6. The van der Waals surface area contributed by atoms with Crippen LogP contribution in [0, 0.1) is 29.1 Å². The van der Waals surface area contributed by atoms with Gasteiger partial charge >= 0.3 is 0 Å². The molecule has 4 rings (SSSR count). The SMILES string of the molecule is CC[C@H](C)[C@H](NC(=O)C1(F)CC1)C(=O)N1CC2[C@H]([C@H]1C(=O)NN(C[C@H]1CC(C)(C)NC1=O)C(=O)[C@H](F)Cl)C2(C)C. The molecule has 0 radical (unpaired) electrons. The van der Waals surface area contributed by atoms with E-state index in [2.05, 4.69) is 16.1 Å². The molecule has 224 valence electrons. The number of rotatable bonds is 9. The van der Waals surface area contributed by atoms with E-state index in [1.54, 1.807) is 6.92 Å². The summed E-state index contributed by atoms with van der Waals surface area (Å²) in [7, 11) is 0. The number of amides is 5. The summed E-state index contributed by atoms with van der Waals surface area (Å²) in [6, 6.07) is -2.06. The maximum atomic E-state index is 14.5. The maximum Gasteiger partial charge on any atom is 0.291 e. The molecular weight excluding hydrogens is 548 g/mol. The van der Waals surface area contributed by atoms with Gasteiger partial charge in [-0.25, -0.2) is 13.8 Å². The minimum Gasteiger partial charge on any atom is -0.351 e. The fraction of sp³-hybridized carbons (Fsp3) is 0.815. The van der Waals surface area contributed by atoms with Crippen molar-refractivity contribution in [3.8, 4) is 0 Å². The van der Waals surface area contributed by atoms with Crippen molar-refractivity contribution < 1.29 is 32.8 Å². The molecule has 2 aliphatic carbocycles. The van der Waals surface area contributed by atoms with Crippen LogP contribution < -0.4 is 16.1 Å². The average molecular weight is 588 g/mol. The zero-order chi connectivity index (χ0) is 29.9. The maximum absolute atomic E-state index is 14.5. The fourth-order valence-corrected chi connectivity index (χ4v) is 6.47. The number of alkyl halides is 3. The highest BCUT2D eigenvalue weighted by Crippen LogP contribution is 2.65. The molecule has 3 N–H and O–H groups in total. The molecule has 0 bridgehead atoms. The summed E-state index contributed by atoms with van der Waals surface area (Å²) in [5.74, 6) is -4.91. The van der Waals surface area contributed by atoms with Gasteiger partial charge in [0.2, 0.25) is 11.8 Å². The van der Waals surface area contributed by atoms with E-state index in [1.807, 2.05) is 34.6 Å². The van der Waals surface area contributed by atoms with Crippen LogP contribution in [0.15, 0.2) is 0 Å². The third kappa shape index (κ3) is 5.65. The van der Waals surface area contributed by atoms with Crippen LogP contribution in [0.2, 0.25) is 0 Å². The molecule has 4 aliphatic rings. The second kappa shape index (κ2) is 10.4. The van der Waals surface area contributed by atoms with E-state index in [9.17, 15) is 32.8 Å². The van der Waals surface area contributed by atoms with E-state index in [-0.39, 0.29) is 55.0 Å². The fourth-order valence-electron chi connectivity index (χ4n) is 6.35. The molecule has 2 heterocycles. The number of likely N-dealkylation sites (tertiary alicyclic amines) is 1. The summed E-state index contributed by atoms with van der Waals surface area (Å²) in [4.78, 5) is 66.6. The standard InChI is InChI=1S/C27H40ClF2N5O5/c1-7-13(2)17(31-24(40)27(30)8-9-27)22(38)34-12-15-16(26(15,5)6)18(34)21(37)33-35(23(39)19(28)29)11-14-10-25(3,4)32-20(14)36/h13-19H,7-12H2,1-6H3,(H,31,40)(H,32,36)(H,33,37)/t13-,14+,15?,16+,17-,18-,19-/m0/s1. The predicted molar refractivity (Wildman–Crippen MR) is 142 cm³/mol. The molecule has 2 saturated heterocycles. The van der Waals surface area contributed by atoms with E-state index in [0.717, 1.165) is 5.01 Å². The lowest BCUT2D eigenvalue weighted by Gasteiger charge is -2.36. The summed E-state index contributed by atoms with van der Waals surface area (Å²) in [6.07, 6.45) is 1.07. The Morgan fingerprint density at radius 1 is 1.20 bits per heavy atom. The van der Waals surface area contributed by atoms with E-state index in [0.29, 0.717) is 12.8 Å². The molecule has 2 saturated carbocycles. The third-order valence-corrected chi connectivity index (χ3v) is 9.50. The number of halogens is 3. The van der Waals surface area contributed by atoms with Crippen molar-refractivity contribution >= 4 is 41.1 Å². The van der Waals surface area contributed by atoms with Crippen molar-refractivity contribution in [2.45, 2.75) is 96.1 Å². The first kappa shape index (κ1) is 30.5. The number of nitrogens with zero attached hydrogens (tertiary/aromatic N) is 2. The summed E-state index contributed by atoms with van der Waals surface area (Å²) in [6.45, 7) is 11.1. The molecule has 4 fully saturated rings. The van der Waals surface area contributed by atoms with Crippen LogP contribution in [0.5, 0.6) is 0 Å². The molecule has 10 nitrogen and oxygen atoms in total. The summed E-state index contributed by atoms with van der Waals surface area (Å²) in [5, 5.41) is 6.11. The lowest BCUT2D eigenvalue weighted by molar-refractivity contribution is -0.151. The number of fused-ring (bicyclic) bond motifs is 1. The molecule has 0 spiro atoms. The zero-order valence-corrected chi connectivity index (χ0v) is 24.6. The average Bonchev–Trinajstić information content (AvgIpc) is 3.60. The van der Waals surface area contributed by atoms with Crippen molar-refractivity contribution in [2.24, 2.45) is 29.1 Å². The van der Waals surface area contributed by atoms with E-state index >= 15 is 0 Å². The van der Waals surface area contributed by atoms with E-state index in [4.69, 9.17) is 11.6 Å². The van der Waals surface area contributed by atoms with Crippen molar-refractivity contribution in [1.82, 2.24) is 26.0 Å². The van der Waals surface area contributed by atoms with Gasteiger partial charge in [0.15, 0.2) is 5.67 Å². The van der Waals surface area contributed by atoms with Crippen molar-refractivity contribution in [1.29, 1.82) is 0 Å². The first-order valence-corrected chi connectivity index (χ1v) is 14.4. The Hall–Kier alpha value is -2.50. The summed E-state index contributed by atoms with van der Waals surface area (Å²) < 4.78 is 28.4. The number of carbonyl (C=O) groups is 5. The molecule has 0 aromatic heterocycles. The molecule has 2 aliphatic heterocycles. The highest BCUT2D eigenvalue weighted by Gasteiger charge is 2.70. The summed E-state index contributed by atoms with van der Waals surface area (Å²) >= 11 is 5.44. The zero-order valence-electron chi connectivity index (χ0n) is 23.9. The summed E-state index contributed by atoms with van der Waals surface area (Å²) in [5.41, 5.74) is -2.78. The van der Waals surface area contributed by atoms with Crippen molar-refractivity contribution in [3.05, 3.63) is 0 Å². The molecular formula is C27H40ClF2N5O5. The van der Waals surface area contributed by atoms with Crippen LogP contribution in [-0.4, -0.2) is 81.5 Å². The van der Waals surface area contributed by atoms with Crippen LogP contribution >= 0.6 is 11.6 Å². The van der Waals surface area contributed by atoms with Crippen LogP contribution in [0.1, 0.15) is 67.2 Å². The van der Waals surface area contributed by atoms with Gasteiger partial charge in [0.25, 0.3) is 23.4 Å². The van der Waals surface area contributed by atoms with Crippen LogP contribution in [0.3, 0.4) is 0 Å². The van der Waals surface area contributed by atoms with Crippen LogP contribution in [0.4, 0.5) is 8.78 Å². The molecule has 5 amide bonds. The number of carbonyl (C=O) groups excluding carboxylic acids is 5. The first-order chi connectivity index (χ1) is 18.4. The lowest BCUT2D eigenvalue weighted by Crippen LogP contribution is -2.61. The molecule has 7 atom stereocenters. The Morgan fingerprint density at radius 3 is 2.33 bits per heavy atom. The minimum absolute atomic E-state index is 0.0102. The lowest BCUT2D eigenvalue weighted by atomic mass is 9.95. The van der Waals surface area contributed by atoms with Crippen LogP contribution in [0.25, 0.3) is 0 Å². The van der Waals surface area contributed by atoms with Gasteiger partial charge in [-0.15, -0.1) is 0 Å². The van der Waals surface area contributed by atoms with Gasteiger partial charge in [0.05, 0.1) is 12.5 Å². The highest BCUT2D eigenvalue weighted by molar-refractivity contribution is 6.29. The smallest absolute Gasteiger partial charge is 0.291 e. The Balaban J connectivity index is 1.56. The van der Waals surface area contributed by atoms with E-state index in [1.165, 1.54) is 4.90 Å². The molecule has 0 aromatic carbocycles. The number of hydrogen-bond donors (Lipinski definition) is 3. The topological polar surface area (TPSA) is 128 Å². The third-order valence-electron chi connectivity index (χ3n) is 9.31. The van der Waals surface area contributed by atoms with Gasteiger partial charge < -0.3 is 15.5 Å². The van der Waals surface area contributed by atoms with Crippen molar-refractivity contribution in [3.63, 3.8) is 0 Å². The minimum atomic E-state index is -2.45. The number of piperidine rings is 1. The van der Waals surface area contributed by atoms with Crippen molar-refractivity contribution in [2.75, 3.05) is 13.1 Å². The Labute approximate surface area is 238 Å². The molecule has 13 heteroatoms. The molecule has 1 unspecified atom stereocenters. The Kier molecular flexibility index (Phi) is 7.92. The van der Waals surface area contributed by atoms with Gasteiger partial charge in [-0.1, -0.05) is 45.7 Å². The number of nitrogens with one attached hydrogen (secondary N) is 3. The first-order valence-electron chi connectivity index (χ1n) is 14.0. The molecule has 40 heavy (non-hydrogen) atoms. The van der Waals surface area contributed by atoms with Gasteiger partial charge in [0.1, 0.15) is 12.1 Å². The monoisotopic (exact) mass is 587 g/mol. The number of hydrogen-bond acceptors (Lipinski definition) is 5. The largest absolute Gasteiger partial charge is 0.351 e. The Morgan fingerprint density at radius 2 is 1.82 bits per heavy atom. The highest BCUT2D eigenvalue weighted by atomic mass is 35.5. The van der Waals surface area contributed by atoms with Gasteiger partial charge in [-0.2, -0.15) is 0 Å². The normalized spacial score (nSPS) is 30.8. The quantitative estimate of drug-likeness (QED) is 0.280. The predicted octanol–water partition coefficient (Wildman–Crippen LogP) is 1.81. The second-order valence-electron chi connectivity index (χ2n) is 13.2. The Bertz CT molecular complexity index is 1100.